The average molecular weight is 200 g/mol. The molecule has 3 nitrogen and oxygen atoms in total. The monoisotopic (exact) mass is 200 g/mol. The second-order valence-electron chi connectivity index (χ2n) is 4.73. The molecule has 0 aromatic heterocycles. The molecule has 1 aliphatic heterocycles. The number of rotatable bonds is 2. The van der Waals surface area contributed by atoms with E-state index in [0.717, 1.165) is 45.1 Å². The van der Waals surface area contributed by atoms with Gasteiger partial charge in [0.15, 0.2) is 0 Å². The Labute approximate surface area is 85.1 Å². The van der Waals surface area contributed by atoms with E-state index in [2.05, 4.69) is 0 Å². The van der Waals surface area contributed by atoms with E-state index in [0.29, 0.717) is 6.61 Å². The Kier molecular flexibility index (Phi) is 3.10. The lowest BCUT2D eigenvalue weighted by Crippen LogP contribution is -2.46. The van der Waals surface area contributed by atoms with E-state index in [4.69, 9.17) is 4.74 Å². The van der Waals surface area contributed by atoms with E-state index in [-0.39, 0.29) is 5.92 Å². The predicted molar refractivity (Wildman–Crippen MR) is 53.0 cm³/mol. The van der Waals surface area contributed by atoms with Crippen molar-refractivity contribution >= 4 is 0 Å². The van der Waals surface area contributed by atoms with Crippen molar-refractivity contribution in [2.24, 2.45) is 5.92 Å². The van der Waals surface area contributed by atoms with Gasteiger partial charge in [-0.3, -0.25) is 0 Å². The van der Waals surface area contributed by atoms with Crippen LogP contribution in [0.2, 0.25) is 0 Å². The molecule has 82 valence electrons. The Bertz CT molecular complexity index is 181. The molecule has 1 saturated heterocycles. The molecule has 2 unspecified atom stereocenters. The fraction of sp³-hybridized carbons (Fsp3) is 1.00. The van der Waals surface area contributed by atoms with Gasteiger partial charge in [0.2, 0.25) is 0 Å². The molecular formula is C11H20O3. The first-order valence-electron chi connectivity index (χ1n) is 5.70. The Morgan fingerprint density at radius 2 is 1.93 bits per heavy atom. The predicted octanol–water partition coefficient (Wildman–Crippen LogP) is 1.08. The summed E-state index contributed by atoms with van der Waals surface area (Å²) in [5.41, 5.74) is -0.814. The van der Waals surface area contributed by atoms with Crippen LogP contribution in [-0.2, 0) is 4.74 Å². The second-order valence-corrected chi connectivity index (χ2v) is 4.73. The van der Waals surface area contributed by atoms with Gasteiger partial charge < -0.3 is 14.9 Å². The highest BCUT2D eigenvalue weighted by molar-refractivity contribution is 4.94. The van der Waals surface area contributed by atoms with Crippen molar-refractivity contribution in [3.63, 3.8) is 0 Å². The maximum atomic E-state index is 10.2. The molecule has 2 fully saturated rings. The van der Waals surface area contributed by atoms with Crippen molar-refractivity contribution in [1.29, 1.82) is 0 Å². The summed E-state index contributed by atoms with van der Waals surface area (Å²) in [6, 6.07) is 0. The quantitative estimate of drug-likeness (QED) is 0.701. The van der Waals surface area contributed by atoms with Crippen LogP contribution in [-0.4, -0.2) is 35.1 Å². The highest BCUT2D eigenvalue weighted by atomic mass is 16.5. The van der Waals surface area contributed by atoms with Crippen LogP contribution in [0.5, 0.6) is 0 Å². The summed E-state index contributed by atoms with van der Waals surface area (Å²) in [5, 5.41) is 20.3. The summed E-state index contributed by atoms with van der Waals surface area (Å²) < 4.78 is 5.34. The lowest BCUT2D eigenvalue weighted by atomic mass is 9.83. The van der Waals surface area contributed by atoms with Crippen molar-refractivity contribution < 1.29 is 14.9 Å². The van der Waals surface area contributed by atoms with E-state index < -0.39 is 11.7 Å². The molecule has 3 heteroatoms. The molecule has 14 heavy (non-hydrogen) atoms. The third-order valence-electron chi connectivity index (χ3n) is 3.66. The van der Waals surface area contributed by atoms with Gasteiger partial charge >= 0.3 is 0 Å². The first-order valence-corrected chi connectivity index (χ1v) is 5.70. The molecule has 0 amide bonds. The Balaban J connectivity index is 1.95. The van der Waals surface area contributed by atoms with E-state index >= 15 is 0 Å². The lowest BCUT2D eigenvalue weighted by Gasteiger charge is -2.36. The number of ether oxygens (including phenoxy) is 1. The number of aliphatic hydroxyl groups excluding tert-OH is 1. The van der Waals surface area contributed by atoms with E-state index in [1.807, 2.05) is 0 Å². The molecule has 1 saturated carbocycles. The first-order chi connectivity index (χ1) is 6.72. The molecule has 0 radical (unpaired) electrons. The molecule has 2 N–H and O–H groups in total. The van der Waals surface area contributed by atoms with Crippen LogP contribution in [0.3, 0.4) is 0 Å². The van der Waals surface area contributed by atoms with E-state index in [1.165, 1.54) is 0 Å². The molecule has 2 atom stereocenters. The minimum absolute atomic E-state index is 0.145. The molecule has 0 aromatic rings. The molecule has 1 aliphatic carbocycles. The molecule has 2 rings (SSSR count). The maximum absolute atomic E-state index is 10.2. The van der Waals surface area contributed by atoms with Gasteiger partial charge in [0.25, 0.3) is 0 Å². The standard InChI is InChI=1S/C11H20O3/c12-10(9-4-3-7-14-8-9)11(13)5-1-2-6-11/h9-10,12-13H,1-8H2. The van der Waals surface area contributed by atoms with Crippen LogP contribution in [0.15, 0.2) is 0 Å². The van der Waals surface area contributed by atoms with Crippen LogP contribution >= 0.6 is 0 Å². The maximum Gasteiger partial charge on any atom is 0.0909 e. The molecule has 0 aromatic carbocycles. The van der Waals surface area contributed by atoms with Crippen molar-refractivity contribution in [1.82, 2.24) is 0 Å². The van der Waals surface area contributed by atoms with Gasteiger partial charge in [0.05, 0.1) is 18.3 Å². The fourth-order valence-corrected chi connectivity index (χ4v) is 2.74. The number of hydrogen-bond acceptors (Lipinski definition) is 3. The molecule has 0 bridgehead atoms. The average Bonchev–Trinajstić information content (AvgIpc) is 2.67. The number of hydrogen-bond donors (Lipinski definition) is 2. The molecular weight excluding hydrogens is 180 g/mol. The van der Waals surface area contributed by atoms with Crippen molar-refractivity contribution in [3.05, 3.63) is 0 Å². The topological polar surface area (TPSA) is 49.7 Å². The van der Waals surface area contributed by atoms with Gasteiger partial charge in [-0.05, 0) is 25.7 Å². The van der Waals surface area contributed by atoms with Crippen LogP contribution in [0.1, 0.15) is 38.5 Å². The van der Waals surface area contributed by atoms with Gasteiger partial charge in [-0.1, -0.05) is 12.8 Å². The van der Waals surface area contributed by atoms with Crippen LogP contribution in [0.25, 0.3) is 0 Å². The highest BCUT2D eigenvalue weighted by Gasteiger charge is 2.42. The summed E-state index contributed by atoms with van der Waals surface area (Å²) in [6.07, 6.45) is 5.02. The molecule has 2 aliphatic rings. The lowest BCUT2D eigenvalue weighted by molar-refractivity contribution is -0.121. The third kappa shape index (κ3) is 1.95. The van der Waals surface area contributed by atoms with Crippen LogP contribution < -0.4 is 0 Å². The summed E-state index contributed by atoms with van der Waals surface area (Å²) in [5.74, 6) is 0.145. The van der Waals surface area contributed by atoms with Gasteiger partial charge in [-0.15, -0.1) is 0 Å². The van der Waals surface area contributed by atoms with E-state index in [9.17, 15) is 10.2 Å². The minimum Gasteiger partial charge on any atom is -0.390 e. The fourth-order valence-electron chi connectivity index (χ4n) is 2.74. The Morgan fingerprint density at radius 1 is 1.21 bits per heavy atom. The summed E-state index contributed by atoms with van der Waals surface area (Å²) >= 11 is 0. The van der Waals surface area contributed by atoms with E-state index in [1.54, 1.807) is 0 Å². The molecule has 1 heterocycles. The van der Waals surface area contributed by atoms with Crippen molar-refractivity contribution in [3.8, 4) is 0 Å². The Hall–Kier alpha value is -0.120. The second kappa shape index (κ2) is 4.17. The summed E-state index contributed by atoms with van der Waals surface area (Å²) in [7, 11) is 0. The smallest absolute Gasteiger partial charge is 0.0909 e. The normalized spacial score (nSPS) is 34.3. The highest BCUT2D eigenvalue weighted by Crippen LogP contribution is 2.37. The van der Waals surface area contributed by atoms with Crippen molar-refractivity contribution in [2.45, 2.75) is 50.2 Å². The van der Waals surface area contributed by atoms with Crippen molar-refractivity contribution in [2.75, 3.05) is 13.2 Å². The third-order valence-corrected chi connectivity index (χ3v) is 3.66. The van der Waals surface area contributed by atoms with Gasteiger partial charge in [-0.2, -0.15) is 0 Å². The summed E-state index contributed by atoms with van der Waals surface area (Å²) in [6.45, 7) is 1.42. The number of aliphatic hydroxyl groups is 2. The molecule has 0 spiro atoms. The zero-order valence-corrected chi connectivity index (χ0v) is 8.61. The summed E-state index contributed by atoms with van der Waals surface area (Å²) in [4.78, 5) is 0. The Morgan fingerprint density at radius 3 is 2.50 bits per heavy atom. The van der Waals surface area contributed by atoms with Gasteiger partial charge in [0, 0.05) is 12.5 Å². The van der Waals surface area contributed by atoms with Crippen LogP contribution in [0.4, 0.5) is 0 Å². The first kappa shape index (κ1) is 10.4. The zero-order chi connectivity index (χ0) is 10.0. The largest absolute Gasteiger partial charge is 0.390 e. The van der Waals surface area contributed by atoms with Gasteiger partial charge in [0.1, 0.15) is 0 Å². The SMILES string of the molecule is OC(C1CCCOC1)C1(O)CCCC1. The minimum atomic E-state index is -0.814. The zero-order valence-electron chi connectivity index (χ0n) is 8.61. The van der Waals surface area contributed by atoms with Gasteiger partial charge in [-0.25, -0.2) is 0 Å². The van der Waals surface area contributed by atoms with Crippen LogP contribution in [0, 0.1) is 5.92 Å².